The fraction of sp³-hybridized carbons (Fsp3) is 0.0833. The first-order valence-electron chi connectivity index (χ1n) is 9.08. The van der Waals surface area contributed by atoms with Gasteiger partial charge in [-0.1, -0.05) is 42.5 Å². The second-order valence-electron chi connectivity index (χ2n) is 6.09. The van der Waals surface area contributed by atoms with Crippen molar-refractivity contribution in [1.82, 2.24) is 0 Å². The van der Waals surface area contributed by atoms with Crippen molar-refractivity contribution in [2.24, 2.45) is 0 Å². The highest BCUT2D eigenvalue weighted by Crippen LogP contribution is 2.32. The van der Waals surface area contributed by atoms with E-state index in [1.807, 2.05) is 6.07 Å². The van der Waals surface area contributed by atoms with E-state index in [4.69, 9.17) is 18.9 Å². The van der Waals surface area contributed by atoms with E-state index in [-0.39, 0.29) is 5.57 Å². The van der Waals surface area contributed by atoms with E-state index < -0.39 is 11.9 Å². The van der Waals surface area contributed by atoms with Gasteiger partial charge in [-0.25, -0.2) is 9.59 Å². The zero-order valence-corrected chi connectivity index (χ0v) is 16.5. The van der Waals surface area contributed by atoms with E-state index in [1.54, 1.807) is 72.8 Å². The third kappa shape index (κ3) is 5.05. The highest BCUT2D eigenvalue weighted by molar-refractivity contribution is 6.17. The Balaban J connectivity index is 1.84. The first kappa shape index (κ1) is 20.7. The molecule has 6 heteroatoms. The molecule has 0 aliphatic heterocycles. The quantitative estimate of drug-likeness (QED) is 0.242. The highest BCUT2D eigenvalue weighted by Gasteiger charge is 2.18. The van der Waals surface area contributed by atoms with Crippen molar-refractivity contribution in [1.29, 1.82) is 0 Å². The van der Waals surface area contributed by atoms with Gasteiger partial charge in [-0.2, -0.15) is 0 Å². The minimum atomic E-state index is -0.557. The van der Waals surface area contributed by atoms with Crippen molar-refractivity contribution in [3.05, 3.63) is 96.3 Å². The van der Waals surface area contributed by atoms with Crippen LogP contribution in [0.3, 0.4) is 0 Å². The predicted octanol–water partition coefficient (Wildman–Crippen LogP) is 4.86. The van der Waals surface area contributed by atoms with Gasteiger partial charge in [-0.3, -0.25) is 0 Å². The molecule has 0 unspecified atom stereocenters. The molecule has 0 heterocycles. The summed E-state index contributed by atoms with van der Waals surface area (Å²) in [6.07, 6.45) is 1.30. The van der Waals surface area contributed by atoms with Gasteiger partial charge in [-0.15, -0.1) is 0 Å². The van der Waals surface area contributed by atoms with Crippen LogP contribution < -0.4 is 9.47 Å². The molecule has 0 atom stereocenters. The van der Waals surface area contributed by atoms with Crippen molar-refractivity contribution in [2.45, 2.75) is 0 Å². The van der Waals surface area contributed by atoms with Crippen molar-refractivity contribution in [2.75, 3.05) is 14.2 Å². The Morgan fingerprint density at radius 2 is 1.50 bits per heavy atom. The first-order valence-corrected chi connectivity index (χ1v) is 9.08. The second-order valence-corrected chi connectivity index (χ2v) is 6.09. The molecule has 0 N–H and O–H groups in total. The van der Waals surface area contributed by atoms with Crippen LogP contribution >= 0.6 is 0 Å². The molecule has 3 rings (SSSR count). The molecule has 6 nitrogen and oxygen atoms in total. The lowest BCUT2D eigenvalue weighted by Crippen LogP contribution is -2.08. The van der Waals surface area contributed by atoms with Crippen LogP contribution in [0.4, 0.5) is 0 Å². The number of carbonyl (C=O) groups is 2. The lowest BCUT2D eigenvalue weighted by atomic mass is 10.1. The SMILES string of the molecule is CO/C=C(/C(=O)OC)c1ccccc1Oc1cccc(OC(=O)c2ccccc2)c1. The highest BCUT2D eigenvalue weighted by atomic mass is 16.5. The number of hydrogen-bond donors (Lipinski definition) is 0. The fourth-order valence-corrected chi connectivity index (χ4v) is 2.70. The fourth-order valence-electron chi connectivity index (χ4n) is 2.70. The summed E-state index contributed by atoms with van der Waals surface area (Å²) in [5.74, 6) is 0.155. The van der Waals surface area contributed by atoms with Gasteiger partial charge in [0, 0.05) is 11.6 Å². The smallest absolute Gasteiger partial charge is 0.343 e. The standard InChI is InChI=1S/C24H20O6/c1-27-16-21(24(26)28-2)20-13-6-7-14-22(20)29-18-11-8-12-19(15-18)30-23(25)17-9-4-3-5-10-17/h3-16H,1-2H3/b21-16+. The normalized spacial score (nSPS) is 10.8. The predicted molar refractivity (Wildman–Crippen MR) is 111 cm³/mol. The summed E-state index contributed by atoms with van der Waals surface area (Å²) in [6.45, 7) is 0. The molecule has 0 aliphatic carbocycles. The third-order valence-corrected chi connectivity index (χ3v) is 4.07. The van der Waals surface area contributed by atoms with E-state index in [0.717, 1.165) is 0 Å². The molecular weight excluding hydrogens is 384 g/mol. The average molecular weight is 404 g/mol. The molecule has 3 aromatic rings. The summed E-state index contributed by atoms with van der Waals surface area (Å²) in [5.41, 5.74) is 1.15. The van der Waals surface area contributed by atoms with E-state index in [9.17, 15) is 9.59 Å². The maximum absolute atomic E-state index is 12.3. The van der Waals surface area contributed by atoms with Crippen LogP contribution in [0, 0.1) is 0 Å². The number of benzene rings is 3. The van der Waals surface area contributed by atoms with Gasteiger partial charge in [0.2, 0.25) is 0 Å². The summed E-state index contributed by atoms with van der Waals surface area (Å²) in [7, 11) is 2.73. The third-order valence-electron chi connectivity index (χ3n) is 4.07. The summed E-state index contributed by atoms with van der Waals surface area (Å²) in [6, 6.07) is 22.4. The molecule has 0 bridgehead atoms. The van der Waals surface area contributed by atoms with E-state index in [2.05, 4.69) is 0 Å². The number of methoxy groups -OCH3 is 2. The molecule has 0 aromatic heterocycles. The maximum atomic E-state index is 12.3. The van der Waals surface area contributed by atoms with Crippen molar-refractivity contribution >= 4 is 17.5 Å². The monoisotopic (exact) mass is 404 g/mol. The van der Waals surface area contributed by atoms with Gasteiger partial charge in [0.15, 0.2) is 0 Å². The van der Waals surface area contributed by atoms with Gasteiger partial charge in [0.05, 0.1) is 26.0 Å². The number of para-hydroxylation sites is 1. The number of esters is 2. The average Bonchev–Trinajstić information content (AvgIpc) is 2.78. The van der Waals surface area contributed by atoms with Crippen molar-refractivity contribution < 1.29 is 28.5 Å². The van der Waals surface area contributed by atoms with Crippen LogP contribution in [0.15, 0.2) is 85.1 Å². The topological polar surface area (TPSA) is 71.1 Å². The lowest BCUT2D eigenvalue weighted by Gasteiger charge is -2.13. The molecule has 0 amide bonds. The summed E-state index contributed by atoms with van der Waals surface area (Å²) >= 11 is 0. The van der Waals surface area contributed by atoms with Crippen molar-refractivity contribution in [3.63, 3.8) is 0 Å². The minimum Gasteiger partial charge on any atom is -0.503 e. The molecule has 0 saturated carbocycles. The Bertz CT molecular complexity index is 1060. The zero-order valence-electron chi connectivity index (χ0n) is 16.5. The number of carbonyl (C=O) groups excluding carboxylic acids is 2. The molecule has 152 valence electrons. The summed E-state index contributed by atoms with van der Waals surface area (Å²) in [4.78, 5) is 24.4. The van der Waals surface area contributed by atoms with Gasteiger partial charge >= 0.3 is 11.9 Å². The molecular formula is C24H20O6. The Morgan fingerprint density at radius 3 is 2.23 bits per heavy atom. The Labute approximate surface area is 174 Å². The summed E-state index contributed by atoms with van der Waals surface area (Å²) in [5, 5.41) is 0. The van der Waals surface area contributed by atoms with Gasteiger partial charge in [0.1, 0.15) is 22.8 Å². The van der Waals surface area contributed by atoms with Crippen LogP contribution in [0.1, 0.15) is 15.9 Å². The van der Waals surface area contributed by atoms with Crippen LogP contribution in [0.2, 0.25) is 0 Å². The lowest BCUT2D eigenvalue weighted by molar-refractivity contribution is -0.133. The minimum absolute atomic E-state index is 0.210. The van der Waals surface area contributed by atoms with Gasteiger partial charge in [-0.05, 0) is 30.3 Å². The molecule has 30 heavy (non-hydrogen) atoms. The van der Waals surface area contributed by atoms with Crippen LogP contribution in [-0.4, -0.2) is 26.2 Å². The maximum Gasteiger partial charge on any atom is 0.343 e. The Morgan fingerprint density at radius 1 is 0.800 bits per heavy atom. The van der Waals surface area contributed by atoms with E-state index in [1.165, 1.54) is 20.5 Å². The second kappa shape index (κ2) is 9.93. The van der Waals surface area contributed by atoms with E-state index in [0.29, 0.717) is 28.4 Å². The number of hydrogen-bond acceptors (Lipinski definition) is 6. The van der Waals surface area contributed by atoms with E-state index >= 15 is 0 Å². The molecule has 0 fully saturated rings. The molecule has 0 spiro atoms. The Kier molecular flexibility index (Phi) is 6.84. The largest absolute Gasteiger partial charge is 0.503 e. The summed E-state index contributed by atoms with van der Waals surface area (Å²) < 4.78 is 21.2. The molecule has 0 aliphatic rings. The van der Waals surface area contributed by atoms with Crippen LogP contribution in [0.25, 0.3) is 5.57 Å². The van der Waals surface area contributed by atoms with Crippen LogP contribution in [-0.2, 0) is 14.3 Å². The Hall–Kier alpha value is -4.06. The molecule has 0 saturated heterocycles. The van der Waals surface area contributed by atoms with Gasteiger partial charge in [0.25, 0.3) is 0 Å². The van der Waals surface area contributed by atoms with Crippen LogP contribution in [0.5, 0.6) is 17.2 Å². The van der Waals surface area contributed by atoms with Gasteiger partial charge < -0.3 is 18.9 Å². The molecule has 0 radical (unpaired) electrons. The van der Waals surface area contributed by atoms with Crippen molar-refractivity contribution in [3.8, 4) is 17.2 Å². The number of rotatable bonds is 7. The number of ether oxygens (including phenoxy) is 4. The first-order chi connectivity index (χ1) is 14.6. The molecule has 3 aromatic carbocycles. The zero-order chi connectivity index (χ0) is 21.3.